The first-order valence-corrected chi connectivity index (χ1v) is 10.4. The number of imide groups is 1. The zero-order valence-corrected chi connectivity index (χ0v) is 17.0. The summed E-state index contributed by atoms with van der Waals surface area (Å²) in [5, 5.41) is 17.4. The number of hydrogen-bond donors (Lipinski definition) is 3. The first kappa shape index (κ1) is 20.0. The minimum absolute atomic E-state index is 0.216. The number of amides is 3. The van der Waals surface area contributed by atoms with E-state index in [-0.39, 0.29) is 30.2 Å². The van der Waals surface area contributed by atoms with Gasteiger partial charge in [0.15, 0.2) is 0 Å². The van der Waals surface area contributed by atoms with Crippen molar-refractivity contribution in [1.29, 1.82) is 0 Å². The van der Waals surface area contributed by atoms with Crippen LogP contribution < -0.4 is 10.6 Å². The van der Waals surface area contributed by atoms with Crippen LogP contribution in [0.3, 0.4) is 0 Å². The lowest BCUT2D eigenvalue weighted by molar-refractivity contribution is -0.136. The molecule has 8 nitrogen and oxygen atoms in total. The van der Waals surface area contributed by atoms with Gasteiger partial charge in [0.05, 0.1) is 23.5 Å². The first-order chi connectivity index (χ1) is 13.8. The maximum Gasteiger partial charge on any atom is 0.256 e. The van der Waals surface area contributed by atoms with Gasteiger partial charge in [0, 0.05) is 18.4 Å². The summed E-state index contributed by atoms with van der Waals surface area (Å²) in [5.41, 5.74) is 0.263. The summed E-state index contributed by atoms with van der Waals surface area (Å²) in [6.07, 6.45) is 2.73. The SMILES string of the molecule is CCC1(CC)CNCCC1(O)c1ccc2c(n1)CN(C1CCC(=O)NC1=O)C2=O. The molecule has 2 atom stereocenters. The fourth-order valence-corrected chi connectivity index (χ4v) is 5.16. The maximum absolute atomic E-state index is 12.9. The third-order valence-corrected chi connectivity index (χ3v) is 7.15. The monoisotopic (exact) mass is 400 g/mol. The van der Waals surface area contributed by atoms with Crippen LogP contribution in [0.25, 0.3) is 0 Å². The van der Waals surface area contributed by atoms with Gasteiger partial charge in [-0.3, -0.25) is 24.7 Å². The molecular weight excluding hydrogens is 372 g/mol. The number of aromatic nitrogens is 1. The molecule has 3 amide bonds. The summed E-state index contributed by atoms with van der Waals surface area (Å²) < 4.78 is 0. The molecule has 2 fully saturated rings. The lowest BCUT2D eigenvalue weighted by atomic mass is 9.63. The Morgan fingerprint density at radius 2 is 2.00 bits per heavy atom. The highest BCUT2D eigenvalue weighted by molar-refractivity contribution is 6.05. The second-order valence-corrected chi connectivity index (χ2v) is 8.37. The molecule has 0 aromatic carbocycles. The molecule has 4 heterocycles. The second kappa shape index (κ2) is 7.18. The summed E-state index contributed by atoms with van der Waals surface area (Å²) in [4.78, 5) is 42.8. The quantitative estimate of drug-likeness (QED) is 0.646. The smallest absolute Gasteiger partial charge is 0.256 e. The van der Waals surface area contributed by atoms with E-state index < -0.39 is 17.6 Å². The Balaban J connectivity index is 1.65. The number of rotatable bonds is 4. The molecule has 3 aliphatic heterocycles. The molecular formula is C21H28N4O4. The molecule has 0 bridgehead atoms. The zero-order valence-electron chi connectivity index (χ0n) is 17.0. The van der Waals surface area contributed by atoms with Gasteiger partial charge in [-0.25, -0.2) is 0 Å². The molecule has 29 heavy (non-hydrogen) atoms. The Bertz CT molecular complexity index is 866. The third-order valence-electron chi connectivity index (χ3n) is 7.15. The number of nitrogens with one attached hydrogen (secondary N) is 2. The van der Waals surface area contributed by atoms with E-state index in [0.29, 0.717) is 36.3 Å². The van der Waals surface area contributed by atoms with Crippen molar-refractivity contribution in [2.45, 2.75) is 64.1 Å². The Kier molecular flexibility index (Phi) is 4.94. The summed E-state index contributed by atoms with van der Waals surface area (Å²) in [5.74, 6) is -0.988. The van der Waals surface area contributed by atoms with Crippen LogP contribution in [0.1, 0.15) is 67.7 Å². The van der Waals surface area contributed by atoms with E-state index in [9.17, 15) is 19.5 Å². The van der Waals surface area contributed by atoms with Crippen molar-refractivity contribution in [3.8, 4) is 0 Å². The second-order valence-electron chi connectivity index (χ2n) is 8.37. The van der Waals surface area contributed by atoms with Crippen LogP contribution in [0.2, 0.25) is 0 Å². The van der Waals surface area contributed by atoms with E-state index in [2.05, 4.69) is 24.5 Å². The fourth-order valence-electron chi connectivity index (χ4n) is 5.16. The van der Waals surface area contributed by atoms with Crippen molar-refractivity contribution >= 4 is 17.7 Å². The predicted octanol–water partition coefficient (Wildman–Crippen LogP) is 0.830. The molecule has 0 spiro atoms. The molecule has 1 aromatic heterocycles. The van der Waals surface area contributed by atoms with Crippen LogP contribution >= 0.6 is 0 Å². The van der Waals surface area contributed by atoms with Gasteiger partial charge in [0.2, 0.25) is 11.8 Å². The molecule has 1 aromatic rings. The van der Waals surface area contributed by atoms with Crippen molar-refractivity contribution in [1.82, 2.24) is 20.5 Å². The average Bonchev–Trinajstić information content (AvgIpc) is 3.04. The number of nitrogens with zero attached hydrogens (tertiary/aromatic N) is 2. The predicted molar refractivity (Wildman–Crippen MR) is 105 cm³/mol. The van der Waals surface area contributed by atoms with Crippen LogP contribution in [0.15, 0.2) is 12.1 Å². The number of hydrogen-bond acceptors (Lipinski definition) is 6. The number of fused-ring (bicyclic) bond motifs is 1. The van der Waals surface area contributed by atoms with Crippen LogP contribution in [0.4, 0.5) is 0 Å². The molecule has 4 rings (SSSR count). The zero-order chi connectivity index (χ0) is 20.8. The number of carbonyl (C=O) groups excluding carboxylic acids is 3. The topological polar surface area (TPSA) is 112 Å². The Morgan fingerprint density at radius 1 is 1.24 bits per heavy atom. The largest absolute Gasteiger partial charge is 0.383 e. The Morgan fingerprint density at radius 3 is 2.69 bits per heavy atom. The van der Waals surface area contributed by atoms with E-state index >= 15 is 0 Å². The van der Waals surface area contributed by atoms with Crippen LogP contribution in [0.5, 0.6) is 0 Å². The highest BCUT2D eigenvalue weighted by Crippen LogP contribution is 2.48. The molecule has 0 saturated carbocycles. The van der Waals surface area contributed by atoms with Crippen LogP contribution in [-0.2, 0) is 21.7 Å². The highest BCUT2D eigenvalue weighted by Gasteiger charge is 2.52. The van der Waals surface area contributed by atoms with Gasteiger partial charge in [0.25, 0.3) is 5.91 Å². The van der Waals surface area contributed by atoms with Crippen molar-refractivity contribution < 1.29 is 19.5 Å². The summed E-state index contributed by atoms with van der Waals surface area (Å²) in [6, 6.07) is 2.82. The molecule has 3 N–H and O–H groups in total. The van der Waals surface area contributed by atoms with Crippen LogP contribution in [0, 0.1) is 5.41 Å². The van der Waals surface area contributed by atoms with E-state index in [1.54, 1.807) is 12.1 Å². The molecule has 0 aliphatic carbocycles. The van der Waals surface area contributed by atoms with Crippen LogP contribution in [-0.4, -0.2) is 51.8 Å². The molecule has 2 unspecified atom stereocenters. The van der Waals surface area contributed by atoms with Gasteiger partial charge >= 0.3 is 0 Å². The van der Waals surface area contributed by atoms with E-state index in [4.69, 9.17) is 4.98 Å². The maximum atomic E-state index is 12.9. The lowest BCUT2D eigenvalue weighted by Crippen LogP contribution is -2.56. The van der Waals surface area contributed by atoms with E-state index in [0.717, 1.165) is 19.4 Å². The van der Waals surface area contributed by atoms with Crippen molar-refractivity contribution in [2.24, 2.45) is 5.41 Å². The van der Waals surface area contributed by atoms with E-state index in [1.807, 2.05) is 0 Å². The van der Waals surface area contributed by atoms with E-state index in [1.165, 1.54) is 4.90 Å². The Labute approximate surface area is 170 Å². The highest BCUT2D eigenvalue weighted by atomic mass is 16.3. The fraction of sp³-hybridized carbons (Fsp3) is 0.619. The van der Waals surface area contributed by atoms with Crippen molar-refractivity contribution in [3.05, 3.63) is 29.1 Å². The number of carbonyl (C=O) groups is 3. The molecule has 3 aliphatic rings. The number of pyridine rings is 1. The summed E-state index contributed by atoms with van der Waals surface area (Å²) >= 11 is 0. The average molecular weight is 400 g/mol. The van der Waals surface area contributed by atoms with Gasteiger partial charge in [-0.15, -0.1) is 0 Å². The molecule has 8 heteroatoms. The summed E-state index contributed by atoms with van der Waals surface area (Å²) in [6.45, 7) is 5.81. The van der Waals surface area contributed by atoms with Gasteiger partial charge in [-0.2, -0.15) is 0 Å². The van der Waals surface area contributed by atoms with Crippen molar-refractivity contribution in [2.75, 3.05) is 13.1 Å². The van der Waals surface area contributed by atoms with Gasteiger partial charge in [-0.05, 0) is 44.4 Å². The van der Waals surface area contributed by atoms with Gasteiger partial charge in [0.1, 0.15) is 11.6 Å². The van der Waals surface area contributed by atoms with Gasteiger partial charge < -0.3 is 15.3 Å². The molecule has 156 valence electrons. The first-order valence-electron chi connectivity index (χ1n) is 10.4. The van der Waals surface area contributed by atoms with Gasteiger partial charge in [-0.1, -0.05) is 13.8 Å². The van der Waals surface area contributed by atoms with Crippen molar-refractivity contribution in [3.63, 3.8) is 0 Å². The normalized spacial score (nSPS) is 29.0. The minimum Gasteiger partial charge on any atom is -0.383 e. The Hall–Kier alpha value is -2.32. The minimum atomic E-state index is -1.07. The third kappa shape index (κ3) is 2.97. The number of aliphatic hydroxyl groups is 1. The standard InChI is InChI=1S/C21H28N4O4/c1-3-20(4-2)12-22-10-9-21(20,29)16-7-5-13-14(23-16)11-25(19(13)28)15-6-8-17(26)24-18(15)27/h5,7,15,22,29H,3-4,6,8-12H2,1-2H3,(H,24,26,27). The molecule has 2 saturated heterocycles. The lowest BCUT2D eigenvalue weighted by Gasteiger charge is -2.50. The number of piperidine rings is 2. The summed E-state index contributed by atoms with van der Waals surface area (Å²) in [7, 11) is 0. The molecule has 0 radical (unpaired) electrons.